The SMILES string of the molecule is Cl.Cn1cc(-c2ccc(-c3ccc4ncc5c(c4c3)n(C3CC4CCC(C3)N4)c(=O)n5C)cn2)cn1.Cn1cc(-c2ccc(-c3ccc4ncc5c(c4c3)n(C3CC4CCC(C3)N4C(=O)OC(C)(C)C)c(=O)n5C)cn2)cn1. The van der Waals surface area contributed by atoms with Crippen molar-refractivity contribution in [3.05, 3.63) is 131 Å². The number of imidazole rings is 2. The number of benzene rings is 2. The fourth-order valence-corrected chi connectivity index (χ4v) is 12.9. The number of piperidine rings is 2. The minimum Gasteiger partial charge on any atom is -0.444 e. The number of fused-ring (bicyclic) bond motifs is 10. The quantitative estimate of drug-likeness (QED) is 0.167. The smallest absolute Gasteiger partial charge is 0.410 e. The van der Waals surface area contributed by atoms with Crippen LogP contribution in [0.15, 0.2) is 120 Å². The standard InChI is InChI=1S/C32H35N7O3.C27H27N7O.ClH/c1-32(2,3)42-31(41)38-22-8-9-23(38)14-24(13-22)39-29-25-12-19(6-11-27(25)34-17-28(29)37(5)30(39)40)20-7-10-26(33-15-20)21-16-35-36(4)18-21;1-32-15-18(13-30-32)23-7-4-17(12-28-23)16-3-8-24-22(9-16)26-25(14-29-24)33(2)27(35)34(26)21-10-19-5-6-20(11-21)31-19;/h6-7,10-12,15-18,22-24H,8-9,13-14H2,1-5H3;3-4,7-9,12-15,19-21,31H,5-6,10-11H2,1-2H3;1H. The Labute approximate surface area is 456 Å². The predicted octanol–water partition coefficient (Wildman–Crippen LogP) is 9.68. The Bertz CT molecular complexity index is 4040. The van der Waals surface area contributed by atoms with Crippen molar-refractivity contribution in [2.45, 2.75) is 114 Å². The summed E-state index contributed by atoms with van der Waals surface area (Å²) in [5.74, 6) is 0. The van der Waals surface area contributed by atoms with Crippen LogP contribution in [0, 0.1) is 0 Å². The van der Waals surface area contributed by atoms with Crippen molar-refractivity contribution in [1.82, 2.24) is 68.0 Å². The first-order valence-electron chi connectivity index (χ1n) is 26.8. The molecule has 0 saturated carbocycles. The van der Waals surface area contributed by atoms with Crippen LogP contribution in [0.4, 0.5) is 4.79 Å². The normalized spacial score (nSPS) is 20.8. The fourth-order valence-electron chi connectivity index (χ4n) is 12.9. The highest BCUT2D eigenvalue weighted by Crippen LogP contribution is 2.43. The Morgan fingerprint density at radius 2 is 0.987 bits per heavy atom. The molecule has 1 N–H and O–H groups in total. The maximum Gasteiger partial charge on any atom is 0.410 e. The number of amides is 1. The summed E-state index contributed by atoms with van der Waals surface area (Å²) in [7, 11) is 7.46. The van der Waals surface area contributed by atoms with Gasteiger partial charge in [-0.3, -0.25) is 47.6 Å². The zero-order valence-electron chi connectivity index (χ0n) is 44.9. The molecule has 4 fully saturated rings. The number of nitrogens with zero attached hydrogens (tertiary/aromatic N) is 13. The van der Waals surface area contributed by atoms with Crippen LogP contribution in [0.1, 0.15) is 84.2 Å². The van der Waals surface area contributed by atoms with Crippen LogP contribution in [0.3, 0.4) is 0 Å². The molecule has 0 radical (unpaired) electrons. The number of ether oxygens (including phenoxy) is 1. The van der Waals surface area contributed by atoms with Gasteiger partial charge in [-0.05, 0) is 120 Å². The summed E-state index contributed by atoms with van der Waals surface area (Å²) in [5.41, 5.74) is 12.6. The number of aryl methyl sites for hydroxylation is 4. The number of rotatable bonds is 6. The molecule has 4 bridgehead atoms. The zero-order chi connectivity index (χ0) is 53.0. The van der Waals surface area contributed by atoms with Gasteiger partial charge in [0, 0.05) is 122 Å². The van der Waals surface area contributed by atoms with E-state index >= 15 is 0 Å². The fraction of sp³-hybridized carbons (Fsp3) is 0.373. The van der Waals surface area contributed by atoms with Crippen LogP contribution in [0.2, 0.25) is 0 Å². The van der Waals surface area contributed by atoms with Gasteiger partial charge in [-0.2, -0.15) is 10.2 Å². The lowest BCUT2D eigenvalue weighted by atomic mass is 9.97. The third-order valence-electron chi connectivity index (χ3n) is 16.5. The molecule has 0 aliphatic carbocycles. The van der Waals surface area contributed by atoms with Crippen LogP contribution in [0.25, 0.3) is 88.6 Å². The summed E-state index contributed by atoms with van der Waals surface area (Å²) >= 11 is 0. The maximum absolute atomic E-state index is 13.8. The van der Waals surface area contributed by atoms with Crippen LogP contribution < -0.4 is 16.7 Å². The zero-order valence-corrected chi connectivity index (χ0v) is 45.7. The molecule has 0 spiro atoms. The van der Waals surface area contributed by atoms with Crippen molar-refractivity contribution < 1.29 is 9.53 Å². The Balaban J connectivity index is 0.000000157. The van der Waals surface area contributed by atoms with Crippen molar-refractivity contribution in [2.24, 2.45) is 28.2 Å². The first-order chi connectivity index (χ1) is 37.1. The van der Waals surface area contributed by atoms with Gasteiger partial charge in [0.25, 0.3) is 0 Å². The van der Waals surface area contributed by atoms with E-state index in [2.05, 4.69) is 60.4 Å². The Morgan fingerprint density at radius 3 is 1.40 bits per heavy atom. The molecule has 4 aliphatic rings. The molecule has 18 nitrogen and oxygen atoms in total. The summed E-state index contributed by atoms with van der Waals surface area (Å²) in [5, 5.41) is 14.1. The van der Waals surface area contributed by atoms with Crippen molar-refractivity contribution in [3.8, 4) is 44.8 Å². The first-order valence-corrected chi connectivity index (χ1v) is 26.8. The van der Waals surface area contributed by atoms with Gasteiger partial charge in [0.15, 0.2) is 0 Å². The third kappa shape index (κ3) is 8.93. The Morgan fingerprint density at radius 1 is 0.538 bits per heavy atom. The second kappa shape index (κ2) is 19.5. The molecule has 78 heavy (non-hydrogen) atoms. The van der Waals surface area contributed by atoms with E-state index in [9.17, 15) is 14.4 Å². The maximum atomic E-state index is 13.8. The minimum absolute atomic E-state index is 0. The average Bonchev–Trinajstić information content (AvgIpc) is 4.39. The minimum atomic E-state index is -0.543. The van der Waals surface area contributed by atoms with Crippen LogP contribution >= 0.6 is 12.4 Å². The van der Waals surface area contributed by atoms with Crippen molar-refractivity contribution in [3.63, 3.8) is 0 Å². The van der Waals surface area contributed by atoms with E-state index in [1.807, 2.05) is 126 Å². The van der Waals surface area contributed by atoms with Crippen LogP contribution in [0.5, 0.6) is 0 Å². The monoisotopic (exact) mass is 1070 g/mol. The highest BCUT2D eigenvalue weighted by atomic mass is 35.5. The lowest BCUT2D eigenvalue weighted by molar-refractivity contribution is 0.00297. The number of pyridine rings is 4. The van der Waals surface area contributed by atoms with E-state index in [1.54, 1.807) is 30.9 Å². The van der Waals surface area contributed by atoms with E-state index in [4.69, 9.17) is 14.7 Å². The van der Waals surface area contributed by atoms with Crippen molar-refractivity contribution in [2.75, 3.05) is 0 Å². The third-order valence-corrected chi connectivity index (χ3v) is 16.5. The number of carbonyl (C=O) groups excluding carboxylic acids is 1. The predicted molar refractivity (Wildman–Crippen MR) is 304 cm³/mol. The average molecular weight is 1070 g/mol. The molecule has 2 aromatic carbocycles. The summed E-state index contributed by atoms with van der Waals surface area (Å²) in [4.78, 5) is 61.0. The Kier molecular flexibility index (Phi) is 12.7. The van der Waals surface area contributed by atoms with Crippen molar-refractivity contribution in [1.29, 1.82) is 0 Å². The molecule has 19 heteroatoms. The summed E-state index contributed by atoms with van der Waals surface area (Å²) in [6, 6.07) is 22.0. The molecule has 4 atom stereocenters. The lowest BCUT2D eigenvalue weighted by Crippen LogP contribution is -2.49. The largest absolute Gasteiger partial charge is 0.444 e. The second-order valence-electron chi connectivity index (χ2n) is 22.7. The summed E-state index contributed by atoms with van der Waals surface area (Å²) < 4.78 is 16.7. The van der Waals surface area contributed by atoms with Crippen LogP contribution in [-0.2, 0) is 32.9 Å². The number of carbonyl (C=O) groups is 1. The van der Waals surface area contributed by atoms with Gasteiger partial charge in [-0.25, -0.2) is 14.4 Å². The second-order valence-corrected chi connectivity index (χ2v) is 22.7. The highest BCUT2D eigenvalue weighted by Gasteiger charge is 2.46. The first kappa shape index (κ1) is 50.8. The van der Waals surface area contributed by atoms with Gasteiger partial charge < -0.3 is 15.0 Å². The number of nitrogens with one attached hydrogen (secondary N) is 1. The molecule has 10 aromatic rings. The van der Waals surface area contributed by atoms with Crippen molar-refractivity contribution >= 4 is 62.4 Å². The van der Waals surface area contributed by atoms with E-state index in [-0.39, 0.29) is 54.0 Å². The molecule has 14 rings (SSSR count). The van der Waals surface area contributed by atoms with Gasteiger partial charge in [0.1, 0.15) is 5.60 Å². The highest BCUT2D eigenvalue weighted by molar-refractivity contribution is 6.05. The molecular formula is C59H63ClN14O4. The number of halogens is 1. The number of aromatic nitrogens is 12. The van der Waals surface area contributed by atoms with Gasteiger partial charge >= 0.3 is 17.5 Å². The molecule has 8 aromatic heterocycles. The molecule has 12 heterocycles. The van der Waals surface area contributed by atoms with Gasteiger partial charge in [0.05, 0.1) is 69.3 Å². The molecule has 4 saturated heterocycles. The summed E-state index contributed by atoms with van der Waals surface area (Å²) in [6.45, 7) is 5.69. The Hall–Kier alpha value is -7.96. The van der Waals surface area contributed by atoms with E-state index in [0.29, 0.717) is 12.1 Å². The molecular weight excluding hydrogens is 1000 g/mol. The molecule has 1 amide bonds. The van der Waals surface area contributed by atoms with E-state index in [1.165, 1.54) is 12.8 Å². The lowest BCUT2D eigenvalue weighted by Gasteiger charge is -2.39. The number of hydrogen-bond donors (Lipinski definition) is 1. The molecule has 4 unspecified atom stereocenters. The van der Waals surface area contributed by atoms with E-state index < -0.39 is 5.60 Å². The van der Waals surface area contributed by atoms with Gasteiger partial charge in [-0.1, -0.05) is 24.3 Å². The topological polar surface area (TPSA) is 183 Å². The number of hydrogen-bond acceptors (Lipinski definition) is 11. The molecule has 4 aliphatic heterocycles. The van der Waals surface area contributed by atoms with Gasteiger partial charge in [0.2, 0.25) is 0 Å². The molecule has 400 valence electrons. The van der Waals surface area contributed by atoms with Gasteiger partial charge in [-0.15, -0.1) is 12.4 Å². The van der Waals surface area contributed by atoms with E-state index in [0.717, 1.165) is 127 Å². The van der Waals surface area contributed by atoms with Crippen LogP contribution in [-0.4, -0.2) is 98.5 Å². The summed E-state index contributed by atoms with van der Waals surface area (Å²) in [6.07, 6.45) is 22.4.